The highest BCUT2D eigenvalue weighted by Crippen LogP contribution is 2.26. The Morgan fingerprint density at radius 3 is 2.31 bits per heavy atom. The number of hydrogen-bond acceptors (Lipinski definition) is 6. The summed E-state index contributed by atoms with van der Waals surface area (Å²) in [5.41, 5.74) is 2.77. The zero-order chi connectivity index (χ0) is 23.5. The van der Waals surface area contributed by atoms with Gasteiger partial charge in [0.25, 0.3) is 11.8 Å². The fraction of sp³-hybridized carbons (Fsp3) is 0.409. The first-order valence-corrected chi connectivity index (χ1v) is 10.2. The third kappa shape index (κ3) is 5.06. The van der Waals surface area contributed by atoms with Gasteiger partial charge in [-0.2, -0.15) is 15.0 Å². The normalized spacial score (nSPS) is 12.5. The van der Waals surface area contributed by atoms with Crippen LogP contribution in [-0.4, -0.2) is 55.0 Å². The van der Waals surface area contributed by atoms with Crippen molar-refractivity contribution in [2.45, 2.75) is 46.6 Å². The van der Waals surface area contributed by atoms with Crippen molar-refractivity contribution in [3.8, 4) is 11.7 Å². The van der Waals surface area contributed by atoms with Crippen molar-refractivity contribution in [1.82, 2.24) is 29.9 Å². The number of amides is 1. The van der Waals surface area contributed by atoms with Crippen LogP contribution in [0.25, 0.3) is 5.69 Å². The molecule has 0 aliphatic rings. The van der Waals surface area contributed by atoms with Crippen LogP contribution in [0.4, 0.5) is 8.78 Å². The number of halogens is 2. The number of aromatic nitrogens is 5. The number of carbonyl (C=O) groups excluding carboxylic acids is 1. The molecular formula is C22H26F2N6O2. The summed E-state index contributed by atoms with van der Waals surface area (Å²) in [4.78, 5) is 24.2. The van der Waals surface area contributed by atoms with Crippen molar-refractivity contribution < 1.29 is 18.3 Å². The number of alkyl halides is 2. The molecule has 3 rings (SSSR count). The first-order chi connectivity index (χ1) is 15.1. The molecule has 0 saturated heterocycles. The van der Waals surface area contributed by atoms with Gasteiger partial charge in [0.15, 0.2) is 0 Å². The molecule has 0 unspecified atom stereocenters. The maximum atomic E-state index is 13.5. The standard InChI is InChI=1S/C22H26F2N6O2/c1-6-29(16(4)13-32-21-25-11-17(12-26-21)22(5,23)24)20(31)18-9-14(2)15(3)10-19(18)30-27-7-8-28-30/h7-12,16H,6,13H2,1-5H3/t16-/m0/s1. The zero-order valence-electron chi connectivity index (χ0n) is 18.7. The predicted molar refractivity (Wildman–Crippen MR) is 114 cm³/mol. The average Bonchev–Trinajstić information content (AvgIpc) is 3.28. The summed E-state index contributed by atoms with van der Waals surface area (Å²) < 4.78 is 32.2. The Balaban J connectivity index is 1.78. The summed E-state index contributed by atoms with van der Waals surface area (Å²) in [5, 5.41) is 8.34. The van der Waals surface area contributed by atoms with E-state index in [0.29, 0.717) is 17.8 Å². The molecular weight excluding hydrogens is 418 g/mol. The fourth-order valence-corrected chi connectivity index (χ4v) is 3.19. The Bertz CT molecular complexity index is 1070. The molecule has 0 aliphatic heterocycles. The van der Waals surface area contributed by atoms with E-state index in [9.17, 15) is 13.6 Å². The number of aryl methyl sites for hydroxylation is 2. The third-order valence-corrected chi connectivity index (χ3v) is 5.20. The van der Waals surface area contributed by atoms with Gasteiger partial charge in [-0.25, -0.2) is 18.7 Å². The van der Waals surface area contributed by atoms with Crippen LogP contribution in [0.5, 0.6) is 6.01 Å². The number of ether oxygens (including phenoxy) is 1. The SMILES string of the molecule is CCN(C(=O)c1cc(C)c(C)cc1-n1nccn1)[C@@H](C)COc1ncc(C(C)(F)F)cn1. The minimum Gasteiger partial charge on any atom is -0.461 e. The van der Waals surface area contributed by atoms with Crippen LogP contribution < -0.4 is 4.74 Å². The molecule has 0 aliphatic carbocycles. The predicted octanol–water partition coefficient (Wildman–Crippen LogP) is 3.72. The monoisotopic (exact) mass is 444 g/mol. The van der Waals surface area contributed by atoms with E-state index in [1.165, 1.54) is 4.80 Å². The summed E-state index contributed by atoms with van der Waals surface area (Å²) in [5.74, 6) is -3.22. The molecule has 2 heterocycles. The van der Waals surface area contributed by atoms with Gasteiger partial charge in [-0.05, 0) is 51.0 Å². The van der Waals surface area contributed by atoms with Crippen molar-refractivity contribution >= 4 is 5.91 Å². The molecule has 10 heteroatoms. The molecule has 32 heavy (non-hydrogen) atoms. The van der Waals surface area contributed by atoms with Crippen LogP contribution in [0.1, 0.15) is 47.8 Å². The number of nitrogens with zero attached hydrogens (tertiary/aromatic N) is 6. The summed E-state index contributed by atoms with van der Waals surface area (Å²) in [6.07, 6.45) is 5.18. The summed E-state index contributed by atoms with van der Waals surface area (Å²) >= 11 is 0. The van der Waals surface area contributed by atoms with Crippen LogP contribution in [0.2, 0.25) is 0 Å². The molecule has 2 aromatic heterocycles. The lowest BCUT2D eigenvalue weighted by atomic mass is 10.0. The topological polar surface area (TPSA) is 86.0 Å². The van der Waals surface area contributed by atoms with Gasteiger partial charge in [0.05, 0.1) is 35.2 Å². The van der Waals surface area contributed by atoms with Crippen molar-refractivity contribution in [2.24, 2.45) is 0 Å². The van der Waals surface area contributed by atoms with E-state index in [1.54, 1.807) is 17.3 Å². The fourth-order valence-electron chi connectivity index (χ4n) is 3.19. The smallest absolute Gasteiger partial charge is 0.316 e. The van der Waals surface area contributed by atoms with E-state index in [-0.39, 0.29) is 30.1 Å². The molecule has 0 bridgehead atoms. The highest BCUT2D eigenvalue weighted by atomic mass is 19.3. The van der Waals surface area contributed by atoms with Crippen LogP contribution >= 0.6 is 0 Å². The molecule has 3 aromatic rings. The molecule has 0 radical (unpaired) electrons. The second kappa shape index (κ2) is 9.37. The quantitative estimate of drug-likeness (QED) is 0.526. The van der Waals surface area contributed by atoms with Gasteiger partial charge in [0, 0.05) is 25.9 Å². The van der Waals surface area contributed by atoms with Gasteiger partial charge < -0.3 is 9.64 Å². The molecule has 0 fully saturated rings. The van der Waals surface area contributed by atoms with Gasteiger partial charge in [-0.15, -0.1) is 0 Å². The molecule has 0 N–H and O–H groups in total. The number of carbonyl (C=O) groups is 1. The average molecular weight is 444 g/mol. The summed E-state index contributed by atoms with van der Waals surface area (Å²) in [6, 6.07) is 3.36. The van der Waals surface area contributed by atoms with E-state index in [0.717, 1.165) is 30.4 Å². The molecule has 1 aromatic carbocycles. The summed E-state index contributed by atoms with van der Waals surface area (Å²) in [7, 11) is 0. The van der Waals surface area contributed by atoms with E-state index in [4.69, 9.17) is 4.74 Å². The maximum absolute atomic E-state index is 13.5. The van der Waals surface area contributed by atoms with Crippen LogP contribution in [0.15, 0.2) is 36.9 Å². The minimum atomic E-state index is -3.02. The lowest BCUT2D eigenvalue weighted by molar-refractivity contribution is 0.0165. The van der Waals surface area contributed by atoms with Crippen molar-refractivity contribution in [2.75, 3.05) is 13.2 Å². The number of rotatable bonds is 8. The lowest BCUT2D eigenvalue weighted by Crippen LogP contribution is -2.42. The Labute approximate surface area is 185 Å². The van der Waals surface area contributed by atoms with E-state index < -0.39 is 5.92 Å². The highest BCUT2D eigenvalue weighted by Gasteiger charge is 2.26. The number of hydrogen-bond donors (Lipinski definition) is 0. The Morgan fingerprint density at radius 1 is 1.16 bits per heavy atom. The van der Waals surface area contributed by atoms with E-state index in [1.807, 2.05) is 39.8 Å². The maximum Gasteiger partial charge on any atom is 0.316 e. The van der Waals surface area contributed by atoms with Gasteiger partial charge in [-0.3, -0.25) is 4.79 Å². The highest BCUT2D eigenvalue weighted by molar-refractivity contribution is 5.98. The molecule has 8 nitrogen and oxygen atoms in total. The molecule has 170 valence electrons. The number of benzene rings is 1. The van der Waals surface area contributed by atoms with E-state index >= 15 is 0 Å². The third-order valence-electron chi connectivity index (χ3n) is 5.20. The molecule has 1 amide bonds. The molecule has 0 saturated carbocycles. The second-order valence-corrected chi connectivity index (χ2v) is 7.67. The van der Waals surface area contributed by atoms with E-state index in [2.05, 4.69) is 20.2 Å². The molecule has 0 spiro atoms. The Kier molecular flexibility index (Phi) is 6.81. The molecule has 1 atom stereocenters. The zero-order valence-corrected chi connectivity index (χ0v) is 18.7. The van der Waals surface area contributed by atoms with Gasteiger partial charge in [0.2, 0.25) is 0 Å². The Hall–Kier alpha value is -3.43. The second-order valence-electron chi connectivity index (χ2n) is 7.67. The van der Waals surface area contributed by atoms with Crippen LogP contribution in [0.3, 0.4) is 0 Å². The van der Waals surface area contributed by atoms with Gasteiger partial charge >= 0.3 is 6.01 Å². The largest absolute Gasteiger partial charge is 0.461 e. The van der Waals surface area contributed by atoms with Gasteiger partial charge in [0.1, 0.15) is 6.61 Å². The summed E-state index contributed by atoms with van der Waals surface area (Å²) in [6.45, 7) is 8.92. The minimum absolute atomic E-state index is 0.0269. The first kappa shape index (κ1) is 23.2. The first-order valence-electron chi connectivity index (χ1n) is 10.2. The Morgan fingerprint density at radius 2 is 1.75 bits per heavy atom. The van der Waals surface area contributed by atoms with Crippen LogP contribution in [0, 0.1) is 13.8 Å². The lowest BCUT2D eigenvalue weighted by Gasteiger charge is -2.28. The van der Waals surface area contributed by atoms with Gasteiger partial charge in [-0.1, -0.05) is 0 Å². The number of likely N-dealkylation sites (N-methyl/N-ethyl adjacent to an activating group) is 1. The van der Waals surface area contributed by atoms with Crippen molar-refractivity contribution in [3.05, 3.63) is 59.2 Å². The van der Waals surface area contributed by atoms with Crippen LogP contribution in [-0.2, 0) is 5.92 Å². The van der Waals surface area contributed by atoms with Crippen molar-refractivity contribution in [1.29, 1.82) is 0 Å². The van der Waals surface area contributed by atoms with Crippen molar-refractivity contribution in [3.63, 3.8) is 0 Å².